The molecular weight excluding hydrogens is 438 g/mol. The number of imide groups is 1. The van der Waals surface area contributed by atoms with E-state index in [9.17, 15) is 14.4 Å². The number of hydrogen-bond donors (Lipinski definition) is 1. The Kier molecular flexibility index (Phi) is 6.88. The number of hydrogen-bond acceptors (Lipinski definition) is 6. The van der Waals surface area contributed by atoms with Gasteiger partial charge in [0.25, 0.3) is 5.56 Å². The molecule has 0 bridgehead atoms. The van der Waals surface area contributed by atoms with Gasteiger partial charge in [-0.05, 0) is 30.0 Å². The van der Waals surface area contributed by atoms with Gasteiger partial charge >= 0.3 is 0 Å². The quantitative estimate of drug-likeness (QED) is 0.403. The SMILES string of the molecule is CC(C)CCn1c(=O)c2ccccc2n2c(SCC(=O)NC(=O)Cc3ccccc3)nnc12. The van der Waals surface area contributed by atoms with E-state index >= 15 is 0 Å². The van der Waals surface area contributed by atoms with Crippen LogP contribution in [0.4, 0.5) is 0 Å². The molecule has 0 aliphatic rings. The van der Waals surface area contributed by atoms with Crippen molar-refractivity contribution in [1.82, 2.24) is 24.5 Å². The van der Waals surface area contributed by atoms with Crippen LogP contribution in [-0.4, -0.2) is 36.7 Å². The smallest absolute Gasteiger partial charge is 0.262 e. The van der Waals surface area contributed by atoms with Crippen LogP contribution in [0, 0.1) is 5.92 Å². The van der Waals surface area contributed by atoms with E-state index in [1.54, 1.807) is 15.0 Å². The molecule has 0 spiro atoms. The van der Waals surface area contributed by atoms with Crippen LogP contribution in [0.2, 0.25) is 0 Å². The van der Waals surface area contributed by atoms with Crippen molar-refractivity contribution in [3.8, 4) is 0 Å². The summed E-state index contributed by atoms with van der Waals surface area (Å²) in [6, 6.07) is 16.5. The Morgan fingerprint density at radius 3 is 2.48 bits per heavy atom. The van der Waals surface area contributed by atoms with Crippen molar-refractivity contribution in [3.05, 3.63) is 70.5 Å². The molecule has 0 radical (unpaired) electrons. The van der Waals surface area contributed by atoms with E-state index < -0.39 is 5.91 Å². The molecule has 4 rings (SSSR count). The maximum atomic E-state index is 13.1. The van der Waals surface area contributed by atoms with E-state index in [4.69, 9.17) is 0 Å². The van der Waals surface area contributed by atoms with E-state index in [2.05, 4.69) is 29.4 Å². The standard InChI is InChI=1S/C24H25N5O3S/c1-16(2)12-13-28-22(32)18-10-6-7-11-19(18)29-23(28)26-27-24(29)33-15-21(31)25-20(30)14-17-8-4-3-5-9-17/h3-11,16H,12-15H2,1-2H3,(H,25,30,31). The number of amides is 2. The summed E-state index contributed by atoms with van der Waals surface area (Å²) in [5.41, 5.74) is 1.42. The van der Waals surface area contributed by atoms with Crippen molar-refractivity contribution >= 4 is 40.3 Å². The summed E-state index contributed by atoms with van der Waals surface area (Å²) in [5.74, 6) is 0.113. The summed E-state index contributed by atoms with van der Waals surface area (Å²) in [6.07, 6.45) is 0.965. The highest BCUT2D eigenvalue weighted by atomic mass is 32.2. The topological polar surface area (TPSA) is 98.4 Å². The zero-order valence-corrected chi connectivity index (χ0v) is 19.3. The summed E-state index contributed by atoms with van der Waals surface area (Å²) in [5, 5.41) is 12.0. The minimum atomic E-state index is -0.407. The molecule has 170 valence electrons. The van der Waals surface area contributed by atoms with Crippen molar-refractivity contribution in [2.24, 2.45) is 5.92 Å². The Labute approximate surface area is 195 Å². The molecule has 0 aliphatic carbocycles. The molecular formula is C24H25N5O3S. The predicted molar refractivity (Wildman–Crippen MR) is 128 cm³/mol. The lowest BCUT2D eigenvalue weighted by Gasteiger charge is -2.12. The van der Waals surface area contributed by atoms with Gasteiger partial charge in [-0.25, -0.2) is 0 Å². The molecule has 0 aliphatic heterocycles. The van der Waals surface area contributed by atoms with Gasteiger partial charge in [-0.15, -0.1) is 10.2 Å². The number of aromatic nitrogens is 4. The fourth-order valence-corrected chi connectivity index (χ4v) is 4.30. The third kappa shape index (κ3) is 5.14. The van der Waals surface area contributed by atoms with Crippen molar-refractivity contribution < 1.29 is 9.59 Å². The first kappa shape index (κ1) is 22.7. The zero-order chi connectivity index (χ0) is 23.4. The number of rotatable bonds is 8. The van der Waals surface area contributed by atoms with Gasteiger partial charge in [-0.3, -0.25) is 28.7 Å². The molecule has 33 heavy (non-hydrogen) atoms. The van der Waals surface area contributed by atoms with Crippen molar-refractivity contribution in [3.63, 3.8) is 0 Å². The van der Waals surface area contributed by atoms with Gasteiger partial charge in [-0.1, -0.05) is 68.1 Å². The Morgan fingerprint density at radius 2 is 1.73 bits per heavy atom. The van der Waals surface area contributed by atoms with Crippen LogP contribution < -0.4 is 10.9 Å². The second-order valence-electron chi connectivity index (χ2n) is 8.20. The van der Waals surface area contributed by atoms with Gasteiger partial charge in [0.1, 0.15) is 0 Å². The van der Waals surface area contributed by atoms with Crippen molar-refractivity contribution in [2.45, 2.75) is 38.4 Å². The number of carbonyl (C=O) groups excluding carboxylic acids is 2. The number of aryl methyl sites for hydroxylation is 1. The highest BCUT2D eigenvalue weighted by Crippen LogP contribution is 2.22. The van der Waals surface area contributed by atoms with Crippen LogP contribution in [0.5, 0.6) is 0 Å². The van der Waals surface area contributed by atoms with Crippen LogP contribution in [0.3, 0.4) is 0 Å². The van der Waals surface area contributed by atoms with E-state index in [1.807, 2.05) is 48.5 Å². The van der Waals surface area contributed by atoms with Gasteiger partial charge in [0.05, 0.1) is 23.1 Å². The molecule has 1 N–H and O–H groups in total. The summed E-state index contributed by atoms with van der Waals surface area (Å²) >= 11 is 1.18. The van der Waals surface area contributed by atoms with E-state index in [1.165, 1.54) is 11.8 Å². The van der Waals surface area contributed by atoms with Crippen LogP contribution in [-0.2, 0) is 22.6 Å². The summed E-state index contributed by atoms with van der Waals surface area (Å²) in [4.78, 5) is 37.6. The fourth-order valence-electron chi connectivity index (χ4n) is 3.56. The van der Waals surface area contributed by atoms with Gasteiger partial charge in [0, 0.05) is 6.54 Å². The van der Waals surface area contributed by atoms with Crippen LogP contribution in [0.25, 0.3) is 16.7 Å². The fraction of sp³-hybridized carbons (Fsp3) is 0.292. The lowest BCUT2D eigenvalue weighted by Crippen LogP contribution is -2.33. The monoisotopic (exact) mass is 463 g/mol. The Hall–Kier alpha value is -3.46. The summed E-state index contributed by atoms with van der Waals surface area (Å²) in [6.45, 7) is 4.74. The average Bonchev–Trinajstić information content (AvgIpc) is 3.22. The number of para-hydroxylation sites is 1. The van der Waals surface area contributed by atoms with Gasteiger partial charge in [-0.2, -0.15) is 0 Å². The molecule has 2 heterocycles. The van der Waals surface area contributed by atoms with Gasteiger partial charge in [0.15, 0.2) is 5.16 Å². The molecule has 0 saturated carbocycles. The van der Waals surface area contributed by atoms with Crippen molar-refractivity contribution in [2.75, 3.05) is 5.75 Å². The Bertz CT molecular complexity index is 1360. The molecule has 2 amide bonds. The number of benzene rings is 2. The lowest BCUT2D eigenvalue weighted by atomic mass is 10.1. The van der Waals surface area contributed by atoms with E-state index in [0.717, 1.165) is 12.0 Å². The van der Waals surface area contributed by atoms with E-state index in [0.29, 0.717) is 34.3 Å². The Morgan fingerprint density at radius 1 is 1.00 bits per heavy atom. The number of thioether (sulfide) groups is 1. The number of nitrogens with one attached hydrogen (secondary N) is 1. The molecule has 4 aromatic rings. The zero-order valence-electron chi connectivity index (χ0n) is 18.5. The van der Waals surface area contributed by atoms with Crippen molar-refractivity contribution in [1.29, 1.82) is 0 Å². The minimum absolute atomic E-state index is 0.000764. The average molecular weight is 464 g/mol. The highest BCUT2D eigenvalue weighted by Gasteiger charge is 2.18. The molecule has 0 unspecified atom stereocenters. The van der Waals surface area contributed by atoms with Crippen LogP contribution >= 0.6 is 11.8 Å². The van der Waals surface area contributed by atoms with E-state index in [-0.39, 0.29) is 23.6 Å². The van der Waals surface area contributed by atoms with Gasteiger partial charge < -0.3 is 0 Å². The first-order valence-corrected chi connectivity index (χ1v) is 11.8. The summed E-state index contributed by atoms with van der Waals surface area (Å²) in [7, 11) is 0. The van der Waals surface area contributed by atoms with Gasteiger partial charge in [0.2, 0.25) is 17.6 Å². The highest BCUT2D eigenvalue weighted by molar-refractivity contribution is 7.99. The number of nitrogens with zero attached hydrogens (tertiary/aromatic N) is 4. The largest absolute Gasteiger partial charge is 0.295 e. The first-order valence-electron chi connectivity index (χ1n) is 10.8. The molecule has 2 aromatic heterocycles. The molecule has 0 atom stereocenters. The number of carbonyl (C=O) groups is 2. The number of fused-ring (bicyclic) bond motifs is 3. The van der Waals surface area contributed by atoms with Crippen LogP contribution in [0.15, 0.2) is 64.5 Å². The maximum Gasteiger partial charge on any atom is 0.262 e. The second kappa shape index (κ2) is 9.99. The van der Waals surface area contributed by atoms with Crippen LogP contribution in [0.1, 0.15) is 25.8 Å². The lowest BCUT2D eigenvalue weighted by molar-refractivity contribution is -0.128. The molecule has 0 saturated heterocycles. The summed E-state index contributed by atoms with van der Waals surface area (Å²) < 4.78 is 3.45. The maximum absolute atomic E-state index is 13.1. The predicted octanol–water partition coefficient (Wildman–Crippen LogP) is 3.07. The second-order valence-corrected chi connectivity index (χ2v) is 9.14. The molecule has 0 fully saturated rings. The molecule has 9 heteroatoms. The third-order valence-electron chi connectivity index (χ3n) is 5.23. The normalized spacial score (nSPS) is 11.4. The first-order chi connectivity index (χ1) is 15.9. The third-order valence-corrected chi connectivity index (χ3v) is 6.16. The molecule has 8 nitrogen and oxygen atoms in total. The molecule has 2 aromatic carbocycles. The minimum Gasteiger partial charge on any atom is -0.295 e. The Balaban J connectivity index is 1.55.